The molecule has 0 aliphatic heterocycles. The molecule has 20 heavy (non-hydrogen) atoms. The van der Waals surface area contributed by atoms with E-state index in [4.69, 9.17) is 5.11 Å². The normalized spacial score (nSPS) is 10.6. The number of rotatable bonds is 2. The van der Waals surface area contributed by atoms with Gasteiger partial charge in [-0.2, -0.15) is 0 Å². The second-order valence-electron chi connectivity index (χ2n) is 4.19. The van der Waals surface area contributed by atoms with E-state index in [-0.39, 0.29) is 11.1 Å². The van der Waals surface area contributed by atoms with Crippen molar-refractivity contribution in [2.45, 2.75) is 0 Å². The molecule has 2 heterocycles. The SMILES string of the molecule is O=C(O)c1ccc2c(=O)[nH]c(-c3ccncc3)nc2c1. The van der Waals surface area contributed by atoms with E-state index in [1.807, 2.05) is 0 Å². The molecule has 0 amide bonds. The number of nitrogens with zero attached hydrogens (tertiary/aromatic N) is 2. The quantitative estimate of drug-likeness (QED) is 0.736. The second-order valence-corrected chi connectivity index (χ2v) is 4.19. The summed E-state index contributed by atoms with van der Waals surface area (Å²) in [5, 5.41) is 9.33. The molecule has 0 saturated heterocycles. The number of hydrogen-bond acceptors (Lipinski definition) is 4. The first-order chi connectivity index (χ1) is 9.65. The van der Waals surface area contributed by atoms with Gasteiger partial charge in [0.05, 0.1) is 16.5 Å². The lowest BCUT2D eigenvalue weighted by atomic mass is 10.1. The maximum absolute atomic E-state index is 12.0. The molecule has 0 aliphatic rings. The topological polar surface area (TPSA) is 95.9 Å². The van der Waals surface area contributed by atoms with Gasteiger partial charge in [-0.15, -0.1) is 0 Å². The van der Waals surface area contributed by atoms with Gasteiger partial charge in [-0.05, 0) is 30.3 Å². The summed E-state index contributed by atoms with van der Waals surface area (Å²) < 4.78 is 0. The van der Waals surface area contributed by atoms with Crippen LogP contribution < -0.4 is 5.56 Å². The lowest BCUT2D eigenvalue weighted by molar-refractivity contribution is 0.0697. The van der Waals surface area contributed by atoms with Crippen molar-refractivity contribution in [1.29, 1.82) is 0 Å². The zero-order valence-electron chi connectivity index (χ0n) is 10.2. The van der Waals surface area contributed by atoms with Crippen LogP contribution in [0.15, 0.2) is 47.5 Å². The molecule has 6 heteroatoms. The Bertz CT molecular complexity index is 856. The molecule has 0 spiro atoms. The number of H-pyrrole nitrogens is 1. The average molecular weight is 267 g/mol. The van der Waals surface area contributed by atoms with Crippen LogP contribution in [0, 0.1) is 0 Å². The van der Waals surface area contributed by atoms with Crippen molar-refractivity contribution in [3.63, 3.8) is 0 Å². The number of benzene rings is 1. The van der Waals surface area contributed by atoms with Gasteiger partial charge < -0.3 is 10.1 Å². The highest BCUT2D eigenvalue weighted by Crippen LogP contribution is 2.16. The lowest BCUT2D eigenvalue weighted by Gasteiger charge is -2.03. The van der Waals surface area contributed by atoms with E-state index in [2.05, 4.69) is 15.0 Å². The molecule has 98 valence electrons. The van der Waals surface area contributed by atoms with Crippen molar-refractivity contribution in [3.05, 3.63) is 58.6 Å². The summed E-state index contributed by atoms with van der Waals surface area (Å²) in [4.78, 5) is 33.8. The molecule has 0 unspecified atom stereocenters. The lowest BCUT2D eigenvalue weighted by Crippen LogP contribution is -2.10. The number of carboxylic acids is 1. The number of pyridine rings is 1. The highest BCUT2D eigenvalue weighted by Gasteiger charge is 2.09. The van der Waals surface area contributed by atoms with Gasteiger partial charge in [-0.1, -0.05) is 0 Å². The van der Waals surface area contributed by atoms with Crippen LogP contribution in [-0.2, 0) is 0 Å². The van der Waals surface area contributed by atoms with E-state index in [1.165, 1.54) is 18.2 Å². The number of fused-ring (bicyclic) bond motifs is 1. The fourth-order valence-electron chi connectivity index (χ4n) is 1.92. The Labute approximate surface area is 112 Å². The Morgan fingerprint density at radius 3 is 2.60 bits per heavy atom. The van der Waals surface area contributed by atoms with E-state index >= 15 is 0 Å². The number of carbonyl (C=O) groups is 1. The molecular formula is C14H9N3O3. The van der Waals surface area contributed by atoms with Crippen LogP contribution in [-0.4, -0.2) is 26.0 Å². The van der Waals surface area contributed by atoms with Crippen molar-refractivity contribution in [2.24, 2.45) is 0 Å². The molecule has 0 fully saturated rings. The summed E-state index contributed by atoms with van der Waals surface area (Å²) >= 11 is 0. The maximum Gasteiger partial charge on any atom is 0.335 e. The monoisotopic (exact) mass is 267 g/mol. The average Bonchev–Trinajstić information content (AvgIpc) is 2.47. The molecule has 6 nitrogen and oxygen atoms in total. The first-order valence-corrected chi connectivity index (χ1v) is 5.83. The molecule has 3 aromatic rings. The van der Waals surface area contributed by atoms with Crippen LogP contribution in [0.3, 0.4) is 0 Å². The second kappa shape index (κ2) is 4.58. The van der Waals surface area contributed by atoms with Gasteiger partial charge in [-0.25, -0.2) is 9.78 Å². The van der Waals surface area contributed by atoms with Crippen molar-refractivity contribution in [2.75, 3.05) is 0 Å². The Hall–Kier alpha value is -3.02. The fourth-order valence-corrected chi connectivity index (χ4v) is 1.92. The summed E-state index contributed by atoms with van der Waals surface area (Å²) in [7, 11) is 0. The van der Waals surface area contributed by atoms with E-state index < -0.39 is 5.97 Å². The van der Waals surface area contributed by atoms with Gasteiger partial charge in [0.2, 0.25) is 0 Å². The number of aromatic amines is 1. The van der Waals surface area contributed by atoms with E-state index in [0.717, 1.165) is 0 Å². The van der Waals surface area contributed by atoms with Gasteiger partial charge >= 0.3 is 5.97 Å². The molecule has 3 rings (SSSR count). The van der Waals surface area contributed by atoms with Crippen LogP contribution in [0.25, 0.3) is 22.3 Å². The molecule has 2 aromatic heterocycles. The van der Waals surface area contributed by atoms with Gasteiger partial charge in [0.25, 0.3) is 5.56 Å². The zero-order valence-corrected chi connectivity index (χ0v) is 10.2. The Kier molecular flexibility index (Phi) is 2.76. The Balaban J connectivity index is 2.27. The van der Waals surface area contributed by atoms with Crippen molar-refractivity contribution < 1.29 is 9.90 Å². The van der Waals surface area contributed by atoms with Crippen molar-refractivity contribution in [3.8, 4) is 11.4 Å². The molecule has 0 radical (unpaired) electrons. The van der Waals surface area contributed by atoms with Gasteiger partial charge in [0.15, 0.2) is 0 Å². The molecule has 0 saturated carbocycles. The number of hydrogen-bond donors (Lipinski definition) is 2. The third kappa shape index (κ3) is 2.03. The predicted octanol–water partition coefficient (Wildman–Crippen LogP) is 1.68. The number of aromatic carboxylic acids is 1. The van der Waals surface area contributed by atoms with Crippen LogP contribution in [0.2, 0.25) is 0 Å². The molecule has 2 N–H and O–H groups in total. The van der Waals surface area contributed by atoms with Crippen LogP contribution in [0.5, 0.6) is 0 Å². The minimum absolute atomic E-state index is 0.0938. The van der Waals surface area contributed by atoms with E-state index in [9.17, 15) is 9.59 Å². The third-order valence-electron chi connectivity index (χ3n) is 2.91. The van der Waals surface area contributed by atoms with Gasteiger partial charge in [0.1, 0.15) is 5.82 Å². The number of carboxylic acid groups (broad SMARTS) is 1. The van der Waals surface area contributed by atoms with Crippen molar-refractivity contribution >= 4 is 16.9 Å². The highest BCUT2D eigenvalue weighted by atomic mass is 16.4. The summed E-state index contributed by atoms with van der Waals surface area (Å²) in [6.45, 7) is 0. The van der Waals surface area contributed by atoms with E-state index in [0.29, 0.717) is 22.3 Å². The Morgan fingerprint density at radius 2 is 1.90 bits per heavy atom. The largest absolute Gasteiger partial charge is 0.478 e. The van der Waals surface area contributed by atoms with Crippen molar-refractivity contribution in [1.82, 2.24) is 15.0 Å². The smallest absolute Gasteiger partial charge is 0.335 e. The molecule has 0 bridgehead atoms. The summed E-state index contributed by atoms with van der Waals surface area (Å²) in [6, 6.07) is 7.66. The molecular weight excluding hydrogens is 258 g/mol. The van der Waals surface area contributed by atoms with E-state index in [1.54, 1.807) is 24.5 Å². The van der Waals surface area contributed by atoms with Gasteiger partial charge in [0, 0.05) is 18.0 Å². The van der Waals surface area contributed by atoms with Crippen LogP contribution in [0.1, 0.15) is 10.4 Å². The minimum atomic E-state index is -1.06. The maximum atomic E-state index is 12.0. The zero-order chi connectivity index (χ0) is 14.1. The highest BCUT2D eigenvalue weighted by molar-refractivity contribution is 5.93. The first-order valence-electron chi connectivity index (χ1n) is 5.83. The minimum Gasteiger partial charge on any atom is -0.478 e. The standard InChI is InChI=1S/C14H9N3O3/c18-13-10-2-1-9(14(19)20)7-11(10)16-12(17-13)8-3-5-15-6-4-8/h1-7H,(H,19,20)(H,16,17,18). The van der Waals surface area contributed by atoms with Crippen LogP contribution in [0.4, 0.5) is 0 Å². The summed E-state index contributed by atoms with van der Waals surface area (Å²) in [6.07, 6.45) is 3.18. The summed E-state index contributed by atoms with van der Waals surface area (Å²) in [5.74, 6) is -0.674. The first kappa shape index (κ1) is 12.0. The van der Waals surface area contributed by atoms with Gasteiger partial charge in [-0.3, -0.25) is 9.78 Å². The third-order valence-corrected chi connectivity index (χ3v) is 2.91. The number of nitrogens with one attached hydrogen (secondary N) is 1. The fraction of sp³-hybridized carbons (Fsp3) is 0. The predicted molar refractivity (Wildman–Crippen MR) is 72.6 cm³/mol. The molecule has 1 aromatic carbocycles. The summed E-state index contributed by atoms with van der Waals surface area (Å²) in [5.41, 5.74) is 0.843. The number of aromatic nitrogens is 3. The molecule has 0 aliphatic carbocycles. The molecule has 0 atom stereocenters. The Morgan fingerprint density at radius 1 is 1.15 bits per heavy atom. The van der Waals surface area contributed by atoms with Crippen LogP contribution >= 0.6 is 0 Å².